The van der Waals surface area contributed by atoms with Crippen LogP contribution in [0.5, 0.6) is 0 Å². The van der Waals surface area contributed by atoms with Crippen LogP contribution in [0.25, 0.3) is 21.7 Å². The van der Waals surface area contributed by atoms with Crippen LogP contribution in [0, 0.1) is 0 Å². The molecule has 1 aliphatic heterocycles. The molecule has 6 nitrogen and oxygen atoms in total. The Kier molecular flexibility index (Phi) is 4.37. The summed E-state index contributed by atoms with van der Waals surface area (Å²) in [5, 5.41) is 11.4. The van der Waals surface area contributed by atoms with E-state index in [4.69, 9.17) is 4.42 Å². The molecule has 1 saturated heterocycles. The van der Waals surface area contributed by atoms with E-state index in [2.05, 4.69) is 15.2 Å². The molecule has 3 aromatic heterocycles. The number of piperidine rings is 1. The first-order valence-electron chi connectivity index (χ1n) is 9.30. The average molecular weight is 390 g/mol. The van der Waals surface area contributed by atoms with Crippen LogP contribution in [0.3, 0.4) is 0 Å². The number of amides is 1. The van der Waals surface area contributed by atoms with E-state index in [-0.39, 0.29) is 11.8 Å². The molecule has 1 aliphatic rings. The fourth-order valence-electron chi connectivity index (χ4n) is 3.67. The van der Waals surface area contributed by atoms with Crippen molar-refractivity contribution in [3.05, 3.63) is 65.5 Å². The van der Waals surface area contributed by atoms with Gasteiger partial charge in [-0.15, -0.1) is 21.5 Å². The van der Waals surface area contributed by atoms with Crippen LogP contribution in [-0.4, -0.2) is 39.1 Å². The first-order chi connectivity index (χ1) is 13.8. The third-order valence-corrected chi connectivity index (χ3v) is 6.06. The molecule has 1 fully saturated rings. The maximum atomic E-state index is 13.1. The summed E-state index contributed by atoms with van der Waals surface area (Å²) in [6.07, 6.45) is 3.54. The Morgan fingerprint density at radius 3 is 2.93 bits per heavy atom. The molecule has 0 N–H and O–H groups in total. The van der Waals surface area contributed by atoms with Crippen molar-refractivity contribution in [2.45, 2.75) is 18.8 Å². The van der Waals surface area contributed by atoms with Crippen molar-refractivity contribution in [1.82, 2.24) is 20.1 Å². The number of likely N-dealkylation sites (tertiary alicyclic amines) is 1. The Morgan fingerprint density at radius 1 is 1.14 bits per heavy atom. The molecule has 28 heavy (non-hydrogen) atoms. The predicted molar refractivity (Wildman–Crippen MR) is 107 cm³/mol. The van der Waals surface area contributed by atoms with Crippen LogP contribution in [0.1, 0.15) is 35.0 Å². The molecular formula is C21H18N4O2S. The first-order valence-corrected chi connectivity index (χ1v) is 10.2. The number of carbonyl (C=O) groups is 1. The monoisotopic (exact) mass is 390 g/mol. The lowest BCUT2D eigenvalue weighted by atomic mass is 9.97. The van der Waals surface area contributed by atoms with Crippen molar-refractivity contribution >= 4 is 27.3 Å². The Bertz CT molecular complexity index is 1120. The van der Waals surface area contributed by atoms with Crippen molar-refractivity contribution in [2.24, 2.45) is 0 Å². The summed E-state index contributed by atoms with van der Waals surface area (Å²) in [5.74, 6) is 1.12. The minimum absolute atomic E-state index is 0.0487. The quantitative estimate of drug-likeness (QED) is 0.519. The maximum Gasteiger partial charge on any atom is 0.266 e. The van der Waals surface area contributed by atoms with Crippen molar-refractivity contribution in [3.63, 3.8) is 0 Å². The number of thiophene rings is 1. The number of rotatable bonds is 3. The lowest BCUT2D eigenvalue weighted by Gasteiger charge is -2.31. The standard InChI is InChI=1S/C21H18N4O2S/c26-21(16-13-28-18-9-2-1-7-15(16)18)25-11-5-6-14(12-25)19-23-24-20(27-19)17-8-3-4-10-22-17/h1-4,7-10,13-14H,5-6,11-12H2/t14-/m0/s1. The summed E-state index contributed by atoms with van der Waals surface area (Å²) in [6.45, 7) is 1.34. The van der Waals surface area contributed by atoms with Crippen LogP contribution in [-0.2, 0) is 0 Å². The van der Waals surface area contributed by atoms with Gasteiger partial charge in [0.25, 0.3) is 11.8 Å². The number of nitrogens with zero attached hydrogens (tertiary/aromatic N) is 4. The first kappa shape index (κ1) is 17.1. The van der Waals surface area contributed by atoms with E-state index >= 15 is 0 Å². The number of benzene rings is 1. The molecule has 0 unspecified atom stereocenters. The van der Waals surface area contributed by atoms with E-state index in [1.165, 1.54) is 0 Å². The summed E-state index contributed by atoms with van der Waals surface area (Å²) in [5.41, 5.74) is 1.44. The fourth-order valence-corrected chi connectivity index (χ4v) is 4.60. The smallest absolute Gasteiger partial charge is 0.266 e. The van der Waals surface area contributed by atoms with Crippen LogP contribution in [0.15, 0.2) is 58.5 Å². The lowest BCUT2D eigenvalue weighted by Crippen LogP contribution is -2.39. The van der Waals surface area contributed by atoms with Gasteiger partial charge in [-0.05, 0) is 31.0 Å². The van der Waals surface area contributed by atoms with Gasteiger partial charge in [0.1, 0.15) is 5.69 Å². The summed E-state index contributed by atoms with van der Waals surface area (Å²) < 4.78 is 7.01. The largest absolute Gasteiger partial charge is 0.419 e. The molecule has 4 aromatic rings. The van der Waals surface area contributed by atoms with Gasteiger partial charge in [-0.3, -0.25) is 9.78 Å². The maximum absolute atomic E-state index is 13.1. The van der Waals surface area contributed by atoms with Crippen molar-refractivity contribution in [2.75, 3.05) is 13.1 Å². The Morgan fingerprint density at radius 2 is 2.04 bits per heavy atom. The Balaban J connectivity index is 1.37. The second kappa shape index (κ2) is 7.16. The molecular weight excluding hydrogens is 372 g/mol. The molecule has 140 valence electrons. The Hall–Kier alpha value is -3.06. The second-order valence-electron chi connectivity index (χ2n) is 6.90. The number of aromatic nitrogens is 3. The molecule has 1 amide bonds. The number of fused-ring (bicyclic) bond motifs is 1. The third kappa shape index (κ3) is 3.07. The zero-order valence-electron chi connectivity index (χ0n) is 15.1. The zero-order valence-corrected chi connectivity index (χ0v) is 15.9. The average Bonchev–Trinajstić information content (AvgIpc) is 3.42. The molecule has 0 spiro atoms. The Labute approximate surface area is 165 Å². The van der Waals surface area contributed by atoms with Gasteiger partial charge in [0.2, 0.25) is 5.89 Å². The number of hydrogen-bond donors (Lipinski definition) is 0. The predicted octanol–water partition coefficient (Wildman–Crippen LogP) is 4.37. The number of carbonyl (C=O) groups excluding carboxylic acids is 1. The summed E-state index contributed by atoms with van der Waals surface area (Å²) in [4.78, 5) is 19.3. The van der Waals surface area contributed by atoms with E-state index in [1.807, 2.05) is 52.7 Å². The van der Waals surface area contributed by atoms with E-state index in [9.17, 15) is 4.79 Å². The summed E-state index contributed by atoms with van der Waals surface area (Å²) in [6, 6.07) is 13.6. The van der Waals surface area contributed by atoms with Crippen LogP contribution in [0.4, 0.5) is 0 Å². The molecule has 0 aliphatic carbocycles. The SMILES string of the molecule is O=C(c1csc2ccccc12)N1CCC[C@H](c2nnc(-c3ccccn3)o2)C1. The molecule has 5 rings (SSSR count). The molecule has 7 heteroatoms. The normalized spacial score (nSPS) is 17.1. The van der Waals surface area contributed by atoms with Gasteiger partial charge in [-0.2, -0.15) is 0 Å². The fraction of sp³-hybridized carbons (Fsp3) is 0.238. The molecule has 0 saturated carbocycles. The van der Waals surface area contributed by atoms with E-state index in [0.717, 1.165) is 35.0 Å². The summed E-state index contributed by atoms with van der Waals surface area (Å²) >= 11 is 1.61. The van der Waals surface area contributed by atoms with Crippen molar-refractivity contribution in [3.8, 4) is 11.6 Å². The minimum atomic E-state index is 0.0487. The van der Waals surface area contributed by atoms with Gasteiger partial charge in [-0.25, -0.2) is 0 Å². The lowest BCUT2D eigenvalue weighted by molar-refractivity contribution is 0.0701. The van der Waals surface area contributed by atoms with E-state index in [0.29, 0.717) is 24.0 Å². The minimum Gasteiger partial charge on any atom is -0.419 e. The van der Waals surface area contributed by atoms with Crippen LogP contribution in [0.2, 0.25) is 0 Å². The van der Waals surface area contributed by atoms with Gasteiger partial charge < -0.3 is 9.32 Å². The highest BCUT2D eigenvalue weighted by molar-refractivity contribution is 7.17. The van der Waals surface area contributed by atoms with Gasteiger partial charge in [-0.1, -0.05) is 24.3 Å². The van der Waals surface area contributed by atoms with Crippen molar-refractivity contribution in [1.29, 1.82) is 0 Å². The zero-order chi connectivity index (χ0) is 18.9. The molecule has 1 atom stereocenters. The molecule has 4 heterocycles. The van der Waals surface area contributed by atoms with Crippen molar-refractivity contribution < 1.29 is 9.21 Å². The number of hydrogen-bond acceptors (Lipinski definition) is 6. The van der Waals surface area contributed by atoms with E-state index < -0.39 is 0 Å². The number of pyridine rings is 1. The summed E-state index contributed by atoms with van der Waals surface area (Å²) in [7, 11) is 0. The van der Waals surface area contributed by atoms with Gasteiger partial charge in [0, 0.05) is 34.8 Å². The molecule has 0 radical (unpaired) electrons. The van der Waals surface area contributed by atoms with Gasteiger partial charge in [0.15, 0.2) is 0 Å². The molecule has 1 aromatic carbocycles. The van der Waals surface area contributed by atoms with Crippen LogP contribution < -0.4 is 0 Å². The topological polar surface area (TPSA) is 72.1 Å². The van der Waals surface area contributed by atoms with Crippen LogP contribution >= 0.6 is 11.3 Å². The van der Waals surface area contributed by atoms with Gasteiger partial charge >= 0.3 is 0 Å². The molecule has 0 bridgehead atoms. The third-order valence-electron chi connectivity index (χ3n) is 5.09. The highest BCUT2D eigenvalue weighted by atomic mass is 32.1. The van der Waals surface area contributed by atoms with E-state index in [1.54, 1.807) is 17.5 Å². The highest BCUT2D eigenvalue weighted by Gasteiger charge is 2.30. The second-order valence-corrected chi connectivity index (χ2v) is 7.81. The highest BCUT2D eigenvalue weighted by Crippen LogP contribution is 2.31. The van der Waals surface area contributed by atoms with Gasteiger partial charge in [0.05, 0.1) is 11.5 Å².